The van der Waals surface area contributed by atoms with Gasteiger partial charge in [0.1, 0.15) is 0 Å². The molecule has 5 nitrogen and oxygen atoms in total. The van der Waals surface area contributed by atoms with Gasteiger partial charge < -0.3 is 14.4 Å². The van der Waals surface area contributed by atoms with Crippen LogP contribution in [0.3, 0.4) is 0 Å². The highest BCUT2D eigenvalue weighted by atomic mass is 16.5. The second kappa shape index (κ2) is 7.45. The maximum Gasteiger partial charge on any atom is 0.223 e. The minimum atomic E-state index is -0.302. The lowest BCUT2D eigenvalue weighted by Crippen LogP contribution is -2.27. The first-order chi connectivity index (χ1) is 9.70. The molecule has 1 aromatic rings. The van der Waals surface area contributed by atoms with Crippen LogP contribution >= 0.6 is 0 Å². The van der Waals surface area contributed by atoms with Crippen molar-refractivity contribution in [1.82, 2.24) is 9.47 Å². The number of methoxy groups -OCH3 is 1. The molecule has 0 saturated carbocycles. The fourth-order valence-electron chi connectivity index (χ4n) is 2.66. The van der Waals surface area contributed by atoms with E-state index in [4.69, 9.17) is 4.74 Å². The summed E-state index contributed by atoms with van der Waals surface area (Å²) >= 11 is 0. The fraction of sp³-hybridized carbons (Fsp3) is 0.667. The molecule has 1 aliphatic rings. The average molecular weight is 280 g/mol. The van der Waals surface area contributed by atoms with Gasteiger partial charge in [-0.15, -0.1) is 0 Å². The van der Waals surface area contributed by atoms with Crippen LogP contribution in [0.15, 0.2) is 17.1 Å². The molecule has 1 aromatic heterocycles. The van der Waals surface area contributed by atoms with E-state index in [1.54, 1.807) is 13.2 Å². The van der Waals surface area contributed by atoms with Crippen LogP contribution in [-0.4, -0.2) is 41.4 Å². The van der Waals surface area contributed by atoms with Crippen LogP contribution in [-0.2, 0) is 17.8 Å². The second-order valence-corrected chi connectivity index (χ2v) is 5.39. The minimum absolute atomic E-state index is 0.194. The van der Waals surface area contributed by atoms with E-state index in [2.05, 4.69) is 4.90 Å². The number of likely N-dealkylation sites (tertiary alicyclic amines) is 1. The number of rotatable bonds is 5. The topological polar surface area (TPSA) is 54.7 Å². The number of ether oxygens (including phenoxy) is 1. The number of aromatic hydroxyl groups is 1. The van der Waals surface area contributed by atoms with Gasteiger partial charge in [0.2, 0.25) is 5.43 Å². The lowest BCUT2D eigenvalue weighted by atomic mass is 10.2. The van der Waals surface area contributed by atoms with Gasteiger partial charge in [0.05, 0.1) is 12.8 Å². The molecule has 2 heterocycles. The predicted octanol–water partition coefficient (Wildman–Crippen LogP) is 1.58. The SMILES string of the molecule is COCCn1cc(O)c(=O)cc1CN1CCCCCC1. The van der Waals surface area contributed by atoms with Gasteiger partial charge in [-0.25, -0.2) is 0 Å². The van der Waals surface area contributed by atoms with E-state index in [9.17, 15) is 9.90 Å². The number of hydrogen-bond acceptors (Lipinski definition) is 4. The molecule has 0 atom stereocenters. The molecule has 0 radical (unpaired) electrons. The monoisotopic (exact) mass is 280 g/mol. The molecule has 0 amide bonds. The van der Waals surface area contributed by atoms with Gasteiger partial charge in [-0.05, 0) is 25.9 Å². The van der Waals surface area contributed by atoms with Gasteiger partial charge >= 0.3 is 0 Å². The van der Waals surface area contributed by atoms with Crippen LogP contribution < -0.4 is 5.43 Å². The summed E-state index contributed by atoms with van der Waals surface area (Å²) in [5.74, 6) is -0.194. The zero-order valence-corrected chi connectivity index (χ0v) is 12.2. The van der Waals surface area contributed by atoms with Crippen LogP contribution in [0, 0.1) is 0 Å². The van der Waals surface area contributed by atoms with Crippen LogP contribution in [0.4, 0.5) is 0 Å². The standard InChI is InChI=1S/C15H24N2O3/c1-20-9-8-17-12-15(19)14(18)10-13(17)11-16-6-4-2-3-5-7-16/h10,12,19H,2-9,11H2,1H3. The van der Waals surface area contributed by atoms with Gasteiger partial charge in [0.15, 0.2) is 5.75 Å². The Balaban J connectivity index is 2.15. The van der Waals surface area contributed by atoms with Crippen molar-refractivity contribution in [3.05, 3.63) is 28.2 Å². The largest absolute Gasteiger partial charge is 0.503 e. The van der Waals surface area contributed by atoms with E-state index < -0.39 is 0 Å². The van der Waals surface area contributed by atoms with Gasteiger partial charge in [-0.2, -0.15) is 0 Å². The van der Waals surface area contributed by atoms with Gasteiger partial charge in [0, 0.05) is 32.0 Å². The first-order valence-corrected chi connectivity index (χ1v) is 7.34. The Kier molecular flexibility index (Phi) is 5.61. The quantitative estimate of drug-likeness (QED) is 0.889. The fourth-order valence-corrected chi connectivity index (χ4v) is 2.66. The predicted molar refractivity (Wildman–Crippen MR) is 78.0 cm³/mol. The van der Waals surface area contributed by atoms with Crippen molar-refractivity contribution < 1.29 is 9.84 Å². The molecule has 0 aliphatic carbocycles. The van der Waals surface area contributed by atoms with E-state index in [1.165, 1.54) is 31.9 Å². The number of aromatic nitrogens is 1. The van der Waals surface area contributed by atoms with Gasteiger partial charge in [-0.1, -0.05) is 12.8 Å². The molecule has 5 heteroatoms. The number of pyridine rings is 1. The summed E-state index contributed by atoms with van der Waals surface area (Å²) in [4.78, 5) is 14.1. The van der Waals surface area contributed by atoms with Crippen molar-refractivity contribution in [2.24, 2.45) is 0 Å². The third-order valence-corrected chi connectivity index (χ3v) is 3.82. The first kappa shape index (κ1) is 15.1. The van der Waals surface area contributed by atoms with Crippen LogP contribution in [0.2, 0.25) is 0 Å². The summed E-state index contributed by atoms with van der Waals surface area (Å²) in [5.41, 5.74) is 0.648. The average Bonchev–Trinajstić information content (AvgIpc) is 2.70. The molecule has 0 spiro atoms. The highest BCUT2D eigenvalue weighted by Crippen LogP contribution is 2.14. The Morgan fingerprint density at radius 2 is 1.95 bits per heavy atom. The summed E-state index contributed by atoms with van der Waals surface area (Å²) in [5, 5.41) is 9.59. The van der Waals surface area contributed by atoms with Crippen molar-refractivity contribution in [3.8, 4) is 5.75 Å². The van der Waals surface area contributed by atoms with Gasteiger partial charge in [0.25, 0.3) is 0 Å². The van der Waals surface area contributed by atoms with Gasteiger partial charge in [-0.3, -0.25) is 9.69 Å². The summed E-state index contributed by atoms with van der Waals surface area (Å²) < 4.78 is 7.01. The van der Waals surface area contributed by atoms with Crippen molar-refractivity contribution >= 4 is 0 Å². The summed E-state index contributed by atoms with van der Waals surface area (Å²) in [6.07, 6.45) is 6.56. The van der Waals surface area contributed by atoms with E-state index in [1.807, 2.05) is 4.57 Å². The molecule has 112 valence electrons. The van der Waals surface area contributed by atoms with E-state index >= 15 is 0 Å². The van der Waals surface area contributed by atoms with Crippen LogP contribution in [0.25, 0.3) is 0 Å². The zero-order valence-electron chi connectivity index (χ0n) is 12.2. The molecular formula is C15H24N2O3. The van der Waals surface area contributed by atoms with E-state index in [0.717, 1.165) is 25.3 Å². The summed E-state index contributed by atoms with van der Waals surface area (Å²) in [6.45, 7) is 4.14. The molecule has 0 aromatic carbocycles. The molecule has 0 bridgehead atoms. The van der Waals surface area contributed by atoms with Crippen LogP contribution in [0.5, 0.6) is 5.75 Å². The molecule has 1 aliphatic heterocycles. The Morgan fingerprint density at radius 3 is 2.60 bits per heavy atom. The molecule has 1 N–H and O–H groups in total. The molecule has 20 heavy (non-hydrogen) atoms. The summed E-state index contributed by atoms with van der Waals surface area (Å²) in [6, 6.07) is 1.55. The van der Waals surface area contributed by atoms with Crippen molar-refractivity contribution in [2.75, 3.05) is 26.8 Å². The summed E-state index contributed by atoms with van der Waals surface area (Å²) in [7, 11) is 1.65. The lowest BCUT2D eigenvalue weighted by molar-refractivity contribution is 0.183. The molecule has 1 fully saturated rings. The highest BCUT2D eigenvalue weighted by molar-refractivity contribution is 5.20. The van der Waals surface area contributed by atoms with Crippen LogP contribution in [0.1, 0.15) is 31.4 Å². The third kappa shape index (κ3) is 4.08. The Morgan fingerprint density at radius 1 is 1.25 bits per heavy atom. The zero-order chi connectivity index (χ0) is 14.4. The van der Waals surface area contributed by atoms with Crippen molar-refractivity contribution in [2.45, 2.75) is 38.8 Å². The molecule has 1 saturated heterocycles. The Bertz CT molecular complexity index is 476. The first-order valence-electron chi connectivity index (χ1n) is 7.34. The third-order valence-electron chi connectivity index (χ3n) is 3.82. The number of hydrogen-bond donors (Lipinski definition) is 1. The van der Waals surface area contributed by atoms with E-state index in [0.29, 0.717) is 13.2 Å². The highest BCUT2D eigenvalue weighted by Gasteiger charge is 2.13. The Labute approximate surface area is 119 Å². The smallest absolute Gasteiger partial charge is 0.223 e. The lowest BCUT2D eigenvalue weighted by Gasteiger charge is -2.22. The van der Waals surface area contributed by atoms with E-state index in [-0.39, 0.29) is 11.2 Å². The molecule has 0 unspecified atom stereocenters. The van der Waals surface area contributed by atoms with Crippen molar-refractivity contribution in [3.63, 3.8) is 0 Å². The maximum absolute atomic E-state index is 11.7. The number of nitrogens with zero attached hydrogens (tertiary/aromatic N) is 2. The minimum Gasteiger partial charge on any atom is -0.503 e. The molecular weight excluding hydrogens is 256 g/mol. The Hall–Kier alpha value is -1.33. The second-order valence-electron chi connectivity index (χ2n) is 5.39. The normalized spacial score (nSPS) is 17.1. The molecule has 2 rings (SSSR count). The maximum atomic E-state index is 11.7. The van der Waals surface area contributed by atoms with Crippen molar-refractivity contribution in [1.29, 1.82) is 0 Å².